The molecule has 0 amide bonds. The lowest BCUT2D eigenvalue weighted by Gasteiger charge is -2.34. The Labute approximate surface area is 341 Å². The number of allylic oxidation sites excluding steroid dienone is 16. The van der Waals surface area contributed by atoms with E-state index in [2.05, 4.69) is 98.9 Å². The fourth-order valence-corrected chi connectivity index (χ4v) is 5.51. The number of esters is 2. The highest BCUT2D eigenvalue weighted by Gasteiger charge is 2.25. The van der Waals surface area contributed by atoms with Gasteiger partial charge in [0.2, 0.25) is 0 Å². The van der Waals surface area contributed by atoms with Crippen molar-refractivity contribution in [1.82, 2.24) is 0 Å². The Kier molecular flexibility index (Phi) is 35.6. The van der Waals surface area contributed by atoms with Crippen LogP contribution in [0.25, 0.3) is 0 Å². The molecule has 0 saturated heterocycles. The monoisotopic (exact) mass is 780 g/mol. The molecule has 0 bridgehead atoms. The van der Waals surface area contributed by atoms with Crippen molar-refractivity contribution in [3.8, 4) is 0 Å². The number of ether oxygens (including phenoxy) is 3. The van der Waals surface area contributed by atoms with Gasteiger partial charge in [0.25, 0.3) is 0 Å². The summed E-state index contributed by atoms with van der Waals surface area (Å²) in [7, 11) is 5.37. The smallest absolute Gasteiger partial charge is 0.306 e. The maximum atomic E-state index is 12.7. The van der Waals surface area contributed by atoms with E-state index in [1.807, 2.05) is 12.2 Å². The lowest BCUT2D eigenvalue weighted by Crippen LogP contribution is -2.55. The molecule has 0 aliphatic rings. The molecule has 0 heterocycles. The van der Waals surface area contributed by atoms with Crippen molar-refractivity contribution in [2.24, 2.45) is 0 Å². The van der Waals surface area contributed by atoms with Crippen LogP contribution in [0.4, 0.5) is 0 Å². The number of rotatable bonds is 36. The van der Waals surface area contributed by atoms with Gasteiger partial charge in [-0.05, 0) is 77.0 Å². The van der Waals surface area contributed by atoms with E-state index in [4.69, 9.17) is 14.2 Å². The molecule has 0 rings (SSSR count). The minimum absolute atomic E-state index is 0.0136. The van der Waals surface area contributed by atoms with Crippen LogP contribution >= 0.6 is 0 Å². The second-order valence-corrected chi connectivity index (χ2v) is 14.9. The summed E-state index contributed by atoms with van der Waals surface area (Å²) >= 11 is 0. The average molecular weight is 780 g/mol. The quantitative estimate of drug-likeness (QED) is 0.0205. The van der Waals surface area contributed by atoms with Crippen molar-refractivity contribution in [3.63, 3.8) is 0 Å². The van der Waals surface area contributed by atoms with Crippen molar-refractivity contribution in [2.45, 2.75) is 148 Å². The molecule has 56 heavy (non-hydrogen) atoms. The zero-order valence-electron chi connectivity index (χ0n) is 35.8. The molecule has 2 atom stereocenters. The second-order valence-electron chi connectivity index (χ2n) is 14.9. The molecular formula is C48H77NO7. The summed E-state index contributed by atoms with van der Waals surface area (Å²) in [5, 5.41) is 11.6. The molecule has 0 saturated carbocycles. The summed E-state index contributed by atoms with van der Waals surface area (Å²) in [5.41, 5.74) is 0. The van der Waals surface area contributed by atoms with Crippen LogP contribution in [0.5, 0.6) is 0 Å². The van der Waals surface area contributed by atoms with Gasteiger partial charge in [0.1, 0.15) is 12.6 Å². The summed E-state index contributed by atoms with van der Waals surface area (Å²) < 4.78 is 17.1. The topological polar surface area (TPSA) is 102 Å². The summed E-state index contributed by atoms with van der Waals surface area (Å²) in [4.78, 5) is 36.8. The van der Waals surface area contributed by atoms with Gasteiger partial charge in [-0.25, -0.2) is 0 Å². The molecule has 0 aromatic rings. The van der Waals surface area contributed by atoms with Crippen LogP contribution in [0.3, 0.4) is 0 Å². The van der Waals surface area contributed by atoms with E-state index in [0.29, 0.717) is 12.8 Å². The van der Waals surface area contributed by atoms with Crippen LogP contribution in [0.1, 0.15) is 136 Å². The van der Waals surface area contributed by atoms with E-state index in [-0.39, 0.29) is 49.1 Å². The van der Waals surface area contributed by atoms with E-state index in [9.17, 15) is 19.5 Å². The Hall–Kier alpha value is -3.75. The van der Waals surface area contributed by atoms with E-state index < -0.39 is 18.1 Å². The molecule has 0 aliphatic carbocycles. The van der Waals surface area contributed by atoms with Gasteiger partial charge in [0.05, 0.1) is 40.3 Å². The summed E-state index contributed by atoms with van der Waals surface area (Å²) in [6, 6.07) is -0.741. The number of hydrogen-bond acceptors (Lipinski definition) is 7. The van der Waals surface area contributed by atoms with Gasteiger partial charge in [-0.2, -0.15) is 0 Å². The highest BCUT2D eigenvalue weighted by molar-refractivity contribution is 5.70. The molecule has 0 spiro atoms. The molecule has 0 fully saturated rings. The number of quaternary nitrogens is 1. The molecule has 0 aromatic heterocycles. The number of carbonyl (C=O) groups is 3. The van der Waals surface area contributed by atoms with E-state index in [1.165, 1.54) is 0 Å². The van der Waals surface area contributed by atoms with Crippen LogP contribution in [0, 0.1) is 0 Å². The van der Waals surface area contributed by atoms with Gasteiger partial charge in [-0.15, -0.1) is 0 Å². The average Bonchev–Trinajstić information content (AvgIpc) is 3.15. The minimum Gasteiger partial charge on any atom is -0.544 e. The normalized spacial score (nSPS) is 13.9. The minimum atomic E-state index is -1.14. The molecule has 0 aliphatic heterocycles. The highest BCUT2D eigenvalue weighted by Crippen LogP contribution is 2.12. The number of carboxylic acids is 1. The Bertz CT molecular complexity index is 1230. The summed E-state index contributed by atoms with van der Waals surface area (Å²) in [5.74, 6) is -1.82. The van der Waals surface area contributed by atoms with Crippen LogP contribution in [0.15, 0.2) is 97.2 Å². The van der Waals surface area contributed by atoms with E-state index in [0.717, 1.165) is 96.3 Å². The van der Waals surface area contributed by atoms with Gasteiger partial charge in [0.15, 0.2) is 6.10 Å². The number of carbonyl (C=O) groups excluding carboxylic acids is 3. The molecule has 8 nitrogen and oxygen atoms in total. The van der Waals surface area contributed by atoms with Crippen molar-refractivity contribution in [2.75, 3.05) is 41.0 Å². The third-order valence-electron chi connectivity index (χ3n) is 8.78. The van der Waals surface area contributed by atoms with E-state index in [1.54, 1.807) is 21.1 Å². The van der Waals surface area contributed by atoms with Gasteiger partial charge >= 0.3 is 11.9 Å². The largest absolute Gasteiger partial charge is 0.544 e. The van der Waals surface area contributed by atoms with Crippen LogP contribution in [-0.2, 0) is 28.6 Å². The standard InChI is InChI=1S/C48H77NO7/c1-6-8-10-12-14-16-18-20-21-22-23-24-25-27-29-31-33-35-37-39-47(51)56-44(42-54-41-40-45(48(52)53)49(3,4)5)43-55-46(50)38-36-34-32-30-28-26-19-17-15-13-11-9-7-2/h8-11,13-17,19-21,23-24,27,29,44-45H,6-7,12,18,22,25-26,28,30-43H2,1-5H3/b10-8+,11-9+,15-13+,16-14+,19-17+,21-20+,24-23+,29-27+. The molecular weight excluding hydrogens is 703 g/mol. The van der Waals surface area contributed by atoms with E-state index >= 15 is 0 Å². The summed E-state index contributed by atoms with van der Waals surface area (Å²) in [6.45, 7) is 4.33. The van der Waals surface area contributed by atoms with Gasteiger partial charge in [0, 0.05) is 19.3 Å². The maximum absolute atomic E-state index is 12.7. The first-order valence-electron chi connectivity index (χ1n) is 21.3. The maximum Gasteiger partial charge on any atom is 0.306 e. The third kappa shape index (κ3) is 35.9. The van der Waals surface area contributed by atoms with Gasteiger partial charge in [-0.1, -0.05) is 137 Å². The van der Waals surface area contributed by atoms with Crippen LogP contribution in [-0.4, -0.2) is 75.5 Å². The fraction of sp³-hybridized carbons (Fsp3) is 0.604. The zero-order chi connectivity index (χ0) is 41.4. The first kappa shape index (κ1) is 52.2. The molecule has 0 aromatic carbocycles. The Morgan fingerprint density at radius 3 is 1.61 bits per heavy atom. The first-order valence-corrected chi connectivity index (χ1v) is 21.3. The van der Waals surface area contributed by atoms with Crippen molar-refractivity contribution in [1.29, 1.82) is 0 Å². The Morgan fingerprint density at radius 2 is 1.04 bits per heavy atom. The van der Waals surface area contributed by atoms with Crippen molar-refractivity contribution in [3.05, 3.63) is 97.2 Å². The first-order chi connectivity index (χ1) is 27.1. The number of hydrogen-bond donors (Lipinski definition) is 0. The predicted octanol–water partition coefficient (Wildman–Crippen LogP) is 10.2. The lowest BCUT2D eigenvalue weighted by atomic mass is 10.1. The molecule has 316 valence electrons. The Balaban J connectivity index is 4.48. The number of likely N-dealkylation sites (N-methyl/N-ethyl adjacent to an activating group) is 1. The second kappa shape index (κ2) is 38.1. The Morgan fingerprint density at radius 1 is 0.554 bits per heavy atom. The van der Waals surface area contributed by atoms with Gasteiger partial charge < -0.3 is 28.6 Å². The lowest BCUT2D eigenvalue weighted by molar-refractivity contribution is -0.889. The van der Waals surface area contributed by atoms with Crippen molar-refractivity contribution >= 4 is 17.9 Å². The molecule has 0 N–H and O–H groups in total. The summed E-state index contributed by atoms with van der Waals surface area (Å²) in [6.07, 6.45) is 50.0. The van der Waals surface area contributed by atoms with Gasteiger partial charge in [-0.3, -0.25) is 9.59 Å². The highest BCUT2D eigenvalue weighted by atomic mass is 16.6. The number of carboxylic acid groups (broad SMARTS) is 1. The third-order valence-corrected chi connectivity index (χ3v) is 8.78. The number of aliphatic carboxylic acids is 1. The number of unbranched alkanes of at least 4 members (excludes halogenated alkanes) is 8. The molecule has 2 unspecified atom stereocenters. The molecule has 8 heteroatoms. The SMILES string of the molecule is CC/C=C/C=C/C=C/CCCCCCCC(=O)OCC(COCCC(C(=O)[O-])[N+](C)(C)C)OC(=O)CCCCC/C=C/C/C=C/C/C=C/C/C=C/C/C=C/CC. The van der Waals surface area contributed by atoms with Crippen LogP contribution < -0.4 is 5.11 Å². The van der Waals surface area contributed by atoms with Crippen LogP contribution in [0.2, 0.25) is 0 Å². The van der Waals surface area contributed by atoms with Crippen molar-refractivity contribution < 1.29 is 38.2 Å². The predicted molar refractivity (Wildman–Crippen MR) is 231 cm³/mol. The zero-order valence-corrected chi connectivity index (χ0v) is 35.8. The molecule has 0 radical (unpaired) electrons. The fourth-order valence-electron chi connectivity index (χ4n) is 5.51. The number of nitrogens with zero attached hydrogens (tertiary/aromatic N) is 1.